The van der Waals surface area contributed by atoms with Crippen molar-refractivity contribution in [3.8, 4) is 5.75 Å². The Kier molecular flexibility index (Phi) is 7.23. The molecule has 0 bridgehead atoms. The second-order valence-corrected chi connectivity index (χ2v) is 11.7. The van der Waals surface area contributed by atoms with Crippen LogP contribution in [-0.2, 0) is 4.79 Å². The first-order valence-electron chi connectivity index (χ1n) is 15.9. The normalized spacial score (nSPS) is 12.9. The monoisotopic (exact) mass is 608 g/mol. The number of benzene rings is 7. The molecular weight excluding hydrogens is 576 g/mol. The molecule has 0 saturated heterocycles. The predicted octanol–water partition coefficient (Wildman–Crippen LogP) is 11.2. The summed E-state index contributed by atoms with van der Waals surface area (Å²) in [6.45, 7) is 3.51. The van der Waals surface area contributed by atoms with Crippen molar-refractivity contribution in [2.24, 2.45) is 0 Å². The van der Waals surface area contributed by atoms with Crippen molar-refractivity contribution < 1.29 is 9.53 Å². The summed E-state index contributed by atoms with van der Waals surface area (Å²) < 4.78 is 5.37. The van der Waals surface area contributed by atoms with Crippen LogP contribution in [0.5, 0.6) is 5.75 Å². The molecule has 7 aromatic rings. The number of esters is 1. The van der Waals surface area contributed by atoms with Crippen molar-refractivity contribution in [3.05, 3.63) is 176 Å². The van der Waals surface area contributed by atoms with Crippen LogP contribution in [0, 0.1) is 0 Å². The van der Waals surface area contributed by atoms with E-state index in [0.717, 1.165) is 41.3 Å². The first-order chi connectivity index (χ1) is 23.2. The topological polar surface area (TPSA) is 32.8 Å². The van der Waals surface area contributed by atoms with Crippen molar-refractivity contribution in [2.75, 3.05) is 9.80 Å². The Morgan fingerprint density at radius 1 is 0.617 bits per heavy atom. The van der Waals surface area contributed by atoms with Crippen LogP contribution in [0.3, 0.4) is 0 Å². The second-order valence-electron chi connectivity index (χ2n) is 11.7. The summed E-state index contributed by atoms with van der Waals surface area (Å²) in [6, 6.07) is 48.7. The Balaban J connectivity index is 1.28. The van der Waals surface area contributed by atoms with Gasteiger partial charge in [0, 0.05) is 39.9 Å². The van der Waals surface area contributed by atoms with Crippen LogP contribution in [0.1, 0.15) is 12.8 Å². The Hall–Kier alpha value is -6.13. The Morgan fingerprint density at radius 2 is 1.21 bits per heavy atom. The standard InChI is InChI=1S/C43H32N2O2/c1-2-41(46)47-38-25-23-35(24-26-38)44(33-13-5-3-6-14-33)36-17-10-18-37(29-36)45(34-15-7-4-8-16-34)40-28-22-32-20-19-30-11-9-12-31-21-27-39(40)43(32)42(30)31/h2-9,11-16,18-29H,1,10,17H2. The molecule has 226 valence electrons. The number of rotatable bonds is 8. The van der Waals surface area contributed by atoms with Crippen LogP contribution in [0.4, 0.5) is 22.7 Å². The maximum absolute atomic E-state index is 11.8. The molecule has 0 radical (unpaired) electrons. The lowest BCUT2D eigenvalue weighted by Crippen LogP contribution is -2.22. The van der Waals surface area contributed by atoms with Gasteiger partial charge in [-0.2, -0.15) is 0 Å². The van der Waals surface area contributed by atoms with Gasteiger partial charge >= 0.3 is 5.97 Å². The third-order valence-electron chi connectivity index (χ3n) is 8.87. The molecule has 0 unspecified atom stereocenters. The van der Waals surface area contributed by atoms with E-state index in [0.29, 0.717) is 5.75 Å². The molecule has 7 aromatic carbocycles. The Labute approximate surface area is 274 Å². The van der Waals surface area contributed by atoms with E-state index in [2.05, 4.69) is 138 Å². The number of carbonyl (C=O) groups is 1. The second kappa shape index (κ2) is 12.0. The largest absolute Gasteiger partial charge is 0.423 e. The molecule has 1 aliphatic carbocycles. The summed E-state index contributed by atoms with van der Waals surface area (Å²) in [7, 11) is 0. The van der Waals surface area contributed by atoms with Gasteiger partial charge in [-0.15, -0.1) is 0 Å². The summed E-state index contributed by atoms with van der Waals surface area (Å²) in [5.41, 5.74) is 6.57. The zero-order valence-electron chi connectivity index (χ0n) is 25.8. The van der Waals surface area contributed by atoms with E-state index >= 15 is 0 Å². The highest BCUT2D eigenvalue weighted by molar-refractivity contribution is 6.25. The fourth-order valence-electron chi connectivity index (χ4n) is 6.80. The van der Waals surface area contributed by atoms with E-state index in [1.165, 1.54) is 44.1 Å². The van der Waals surface area contributed by atoms with Gasteiger partial charge in [-0.1, -0.05) is 97.6 Å². The minimum absolute atomic E-state index is 0.477. The van der Waals surface area contributed by atoms with Crippen molar-refractivity contribution in [1.29, 1.82) is 0 Å². The molecule has 4 heteroatoms. The number of anilines is 4. The van der Waals surface area contributed by atoms with Crippen LogP contribution in [0.15, 0.2) is 176 Å². The predicted molar refractivity (Wildman–Crippen MR) is 195 cm³/mol. The zero-order valence-corrected chi connectivity index (χ0v) is 25.8. The van der Waals surface area contributed by atoms with Crippen LogP contribution < -0.4 is 14.5 Å². The minimum Gasteiger partial charge on any atom is -0.423 e. The number of nitrogens with zero attached hydrogens (tertiary/aromatic N) is 2. The van der Waals surface area contributed by atoms with E-state index in [4.69, 9.17) is 4.74 Å². The van der Waals surface area contributed by atoms with E-state index in [1.54, 1.807) is 0 Å². The molecule has 0 spiro atoms. The number of hydrogen-bond donors (Lipinski definition) is 0. The lowest BCUT2D eigenvalue weighted by molar-refractivity contribution is -0.128. The average molecular weight is 609 g/mol. The van der Waals surface area contributed by atoms with E-state index in [-0.39, 0.29) is 0 Å². The highest BCUT2D eigenvalue weighted by atomic mass is 16.5. The van der Waals surface area contributed by atoms with E-state index in [1.807, 2.05) is 30.3 Å². The summed E-state index contributed by atoms with van der Waals surface area (Å²) in [4.78, 5) is 16.5. The molecule has 0 amide bonds. The minimum atomic E-state index is -0.477. The fourth-order valence-corrected chi connectivity index (χ4v) is 6.80. The molecule has 0 saturated carbocycles. The van der Waals surface area contributed by atoms with Gasteiger partial charge in [0.25, 0.3) is 0 Å². The first kappa shape index (κ1) is 28.4. The lowest BCUT2D eigenvalue weighted by atomic mass is 9.93. The number of hydrogen-bond acceptors (Lipinski definition) is 4. The molecule has 0 atom stereocenters. The Morgan fingerprint density at radius 3 is 1.89 bits per heavy atom. The van der Waals surface area contributed by atoms with Gasteiger partial charge < -0.3 is 14.5 Å². The van der Waals surface area contributed by atoms with Crippen molar-refractivity contribution in [2.45, 2.75) is 12.8 Å². The first-order valence-corrected chi connectivity index (χ1v) is 15.9. The summed E-state index contributed by atoms with van der Waals surface area (Å²) >= 11 is 0. The third kappa shape index (κ3) is 5.20. The summed E-state index contributed by atoms with van der Waals surface area (Å²) in [5.74, 6) is 0.00403. The van der Waals surface area contributed by atoms with Crippen molar-refractivity contribution >= 4 is 61.0 Å². The smallest absolute Gasteiger partial charge is 0.335 e. The molecule has 0 aliphatic heterocycles. The van der Waals surface area contributed by atoms with Crippen LogP contribution in [0.2, 0.25) is 0 Å². The molecule has 1 aliphatic rings. The quantitative estimate of drug-likeness (QED) is 0.0744. The lowest BCUT2D eigenvalue weighted by Gasteiger charge is -2.34. The maximum Gasteiger partial charge on any atom is 0.335 e. The maximum atomic E-state index is 11.8. The number of allylic oxidation sites excluding steroid dienone is 3. The van der Waals surface area contributed by atoms with Gasteiger partial charge in [-0.3, -0.25) is 0 Å². The molecular formula is C43H32N2O2. The summed E-state index contributed by atoms with van der Waals surface area (Å²) in [5, 5.41) is 7.58. The van der Waals surface area contributed by atoms with Gasteiger partial charge in [0.15, 0.2) is 0 Å². The van der Waals surface area contributed by atoms with Crippen LogP contribution >= 0.6 is 0 Å². The molecule has 0 heterocycles. The average Bonchev–Trinajstić information content (AvgIpc) is 3.13. The highest BCUT2D eigenvalue weighted by Gasteiger charge is 2.23. The van der Waals surface area contributed by atoms with Crippen molar-refractivity contribution in [3.63, 3.8) is 0 Å². The van der Waals surface area contributed by atoms with Gasteiger partial charge in [0.1, 0.15) is 5.75 Å². The van der Waals surface area contributed by atoms with Crippen molar-refractivity contribution in [1.82, 2.24) is 0 Å². The summed E-state index contributed by atoms with van der Waals surface area (Å²) in [6.07, 6.45) is 7.58. The molecule has 8 rings (SSSR count). The van der Waals surface area contributed by atoms with Crippen LogP contribution in [0.25, 0.3) is 32.3 Å². The van der Waals surface area contributed by atoms with Gasteiger partial charge in [0.05, 0.1) is 5.69 Å². The third-order valence-corrected chi connectivity index (χ3v) is 8.87. The number of ether oxygens (including phenoxy) is 1. The zero-order chi connectivity index (χ0) is 31.7. The van der Waals surface area contributed by atoms with E-state index < -0.39 is 5.97 Å². The molecule has 4 nitrogen and oxygen atoms in total. The molecule has 0 aromatic heterocycles. The fraction of sp³-hybridized carbons (Fsp3) is 0.0465. The van der Waals surface area contributed by atoms with E-state index in [9.17, 15) is 4.79 Å². The number of carbonyl (C=O) groups excluding carboxylic acids is 1. The molecule has 0 N–H and O–H groups in total. The number of para-hydroxylation sites is 2. The SMILES string of the molecule is C=CC(=O)Oc1ccc(N(C2=CC(N(c3ccccc3)c3ccc4ccc5cccc6ccc3c4c56)=CCC2)c2ccccc2)cc1. The highest BCUT2D eigenvalue weighted by Crippen LogP contribution is 2.44. The van der Waals surface area contributed by atoms with Gasteiger partial charge in [-0.25, -0.2) is 4.79 Å². The van der Waals surface area contributed by atoms with Gasteiger partial charge in [0.2, 0.25) is 0 Å². The van der Waals surface area contributed by atoms with Crippen LogP contribution in [-0.4, -0.2) is 5.97 Å². The van der Waals surface area contributed by atoms with Gasteiger partial charge in [-0.05, 0) is 100 Å². The molecule has 47 heavy (non-hydrogen) atoms. The Bertz CT molecular complexity index is 2290. The molecule has 0 fully saturated rings.